The fourth-order valence-corrected chi connectivity index (χ4v) is 7.44. The highest BCUT2D eigenvalue weighted by Crippen LogP contribution is 2.38. The summed E-state index contributed by atoms with van der Waals surface area (Å²) in [6.07, 6.45) is 2.17. The molecule has 186 valence electrons. The molecule has 0 fully saturated rings. The highest BCUT2D eigenvalue weighted by Gasteiger charge is 2.36. The van der Waals surface area contributed by atoms with Crippen LogP contribution in [0.4, 0.5) is 0 Å². The van der Waals surface area contributed by atoms with Crippen LogP contribution in [0.5, 0.6) is 0 Å². The van der Waals surface area contributed by atoms with Gasteiger partial charge in [-0.3, -0.25) is 4.79 Å². The van der Waals surface area contributed by atoms with E-state index in [1.807, 2.05) is 43.0 Å². The first-order valence-electron chi connectivity index (χ1n) is 11.6. The van der Waals surface area contributed by atoms with Crippen molar-refractivity contribution in [2.75, 3.05) is 19.6 Å². The van der Waals surface area contributed by atoms with Gasteiger partial charge in [0.25, 0.3) is 0 Å². The molecular formula is C26H28Cl2N2O3S2. The van der Waals surface area contributed by atoms with Crippen LogP contribution >= 0.6 is 34.5 Å². The Morgan fingerprint density at radius 1 is 1.14 bits per heavy atom. The van der Waals surface area contributed by atoms with Crippen LogP contribution < -0.4 is 0 Å². The number of halogens is 2. The lowest BCUT2D eigenvalue weighted by Gasteiger charge is -2.37. The lowest BCUT2D eigenvalue weighted by molar-refractivity contribution is -0.133. The van der Waals surface area contributed by atoms with Crippen LogP contribution in [0, 0.1) is 6.92 Å². The summed E-state index contributed by atoms with van der Waals surface area (Å²) in [7, 11) is -4.03. The Hall–Kier alpha value is -1.90. The van der Waals surface area contributed by atoms with Gasteiger partial charge in [0.1, 0.15) is 4.90 Å². The maximum atomic E-state index is 13.7. The zero-order valence-electron chi connectivity index (χ0n) is 19.7. The largest absolute Gasteiger partial charge is 0.330 e. The Bertz CT molecular complexity index is 1310. The zero-order chi connectivity index (χ0) is 25.2. The summed E-state index contributed by atoms with van der Waals surface area (Å²) in [6.45, 7) is 4.51. The number of amides is 1. The van der Waals surface area contributed by atoms with E-state index < -0.39 is 10.0 Å². The highest BCUT2D eigenvalue weighted by molar-refractivity contribution is 7.89. The number of nitrogens with zero attached hydrogens (tertiary/aromatic N) is 2. The van der Waals surface area contributed by atoms with Crippen LogP contribution in [0.25, 0.3) is 0 Å². The monoisotopic (exact) mass is 550 g/mol. The number of hydrogen-bond donors (Lipinski definition) is 0. The molecule has 1 amide bonds. The number of carbonyl (C=O) groups excluding carboxylic acids is 1. The van der Waals surface area contributed by atoms with Crippen LogP contribution in [0.3, 0.4) is 0 Å². The van der Waals surface area contributed by atoms with E-state index in [1.54, 1.807) is 17.4 Å². The Balaban J connectivity index is 1.67. The van der Waals surface area contributed by atoms with Gasteiger partial charge in [-0.05, 0) is 60.5 Å². The third kappa shape index (κ3) is 5.59. The first-order valence-corrected chi connectivity index (χ1v) is 14.7. The molecule has 2 aromatic carbocycles. The van der Waals surface area contributed by atoms with Gasteiger partial charge in [0.15, 0.2) is 0 Å². The molecule has 0 saturated carbocycles. The number of thiophene rings is 1. The summed E-state index contributed by atoms with van der Waals surface area (Å²) < 4.78 is 28.4. The van der Waals surface area contributed by atoms with E-state index in [1.165, 1.54) is 21.3 Å². The van der Waals surface area contributed by atoms with Gasteiger partial charge in [-0.2, -0.15) is 4.31 Å². The summed E-state index contributed by atoms with van der Waals surface area (Å²) in [5, 5.41) is 2.41. The van der Waals surface area contributed by atoms with Crippen molar-refractivity contribution in [2.24, 2.45) is 0 Å². The minimum absolute atomic E-state index is 0.0792. The van der Waals surface area contributed by atoms with E-state index in [0.29, 0.717) is 13.0 Å². The highest BCUT2D eigenvalue weighted by atomic mass is 35.5. The van der Waals surface area contributed by atoms with Crippen molar-refractivity contribution in [3.05, 3.63) is 85.5 Å². The third-order valence-corrected chi connectivity index (χ3v) is 9.82. The lowest BCUT2D eigenvalue weighted by Crippen LogP contribution is -2.47. The van der Waals surface area contributed by atoms with E-state index >= 15 is 0 Å². The quantitative estimate of drug-likeness (QED) is 0.329. The average Bonchev–Trinajstić information content (AvgIpc) is 3.32. The Morgan fingerprint density at radius 3 is 2.60 bits per heavy atom. The van der Waals surface area contributed by atoms with Gasteiger partial charge < -0.3 is 4.90 Å². The molecule has 5 nitrogen and oxygen atoms in total. The normalized spacial score (nSPS) is 15.9. The molecule has 4 rings (SSSR count). The molecule has 1 unspecified atom stereocenters. The molecule has 0 radical (unpaired) electrons. The van der Waals surface area contributed by atoms with Crippen molar-refractivity contribution in [3.8, 4) is 0 Å². The number of rotatable bonds is 8. The number of carbonyl (C=O) groups is 1. The van der Waals surface area contributed by atoms with Crippen molar-refractivity contribution >= 4 is 50.5 Å². The number of unbranched alkanes of at least 4 members (excludes halogenated alkanes) is 1. The van der Waals surface area contributed by atoms with Crippen LogP contribution in [0.2, 0.25) is 10.0 Å². The van der Waals surface area contributed by atoms with Gasteiger partial charge in [-0.25, -0.2) is 8.42 Å². The van der Waals surface area contributed by atoms with Crippen molar-refractivity contribution in [2.45, 2.75) is 44.0 Å². The van der Waals surface area contributed by atoms with E-state index in [9.17, 15) is 13.2 Å². The standard InChI is InChI=1S/C26H28Cl2N2O3S2/c1-3-4-13-29(35(32,33)24-16-20(27)9-10-22(24)28)17-25(31)30-14-11-23-21(12-15-34-23)26(30)19-7-5-18(2)6-8-19/h5-10,12,15-16,26H,3-4,11,13-14,17H2,1-2H3. The molecule has 1 aliphatic heterocycles. The molecule has 0 aliphatic carbocycles. The second kappa shape index (κ2) is 11.0. The Morgan fingerprint density at radius 2 is 1.89 bits per heavy atom. The zero-order valence-corrected chi connectivity index (χ0v) is 22.9. The molecule has 0 N–H and O–H groups in total. The summed E-state index contributed by atoms with van der Waals surface area (Å²) >= 11 is 14.0. The summed E-state index contributed by atoms with van der Waals surface area (Å²) in [5.74, 6) is -0.231. The van der Waals surface area contributed by atoms with Gasteiger partial charge in [0, 0.05) is 23.0 Å². The molecule has 9 heteroatoms. The predicted molar refractivity (Wildman–Crippen MR) is 143 cm³/mol. The minimum Gasteiger partial charge on any atom is -0.330 e. The minimum atomic E-state index is -4.03. The summed E-state index contributed by atoms with van der Waals surface area (Å²) in [5.41, 5.74) is 3.27. The van der Waals surface area contributed by atoms with Crippen molar-refractivity contribution in [1.29, 1.82) is 0 Å². The maximum Gasteiger partial charge on any atom is 0.245 e. The van der Waals surface area contributed by atoms with Crippen molar-refractivity contribution in [3.63, 3.8) is 0 Å². The van der Waals surface area contributed by atoms with Crippen molar-refractivity contribution < 1.29 is 13.2 Å². The lowest BCUT2D eigenvalue weighted by atomic mass is 9.92. The number of benzene rings is 2. The summed E-state index contributed by atoms with van der Waals surface area (Å²) in [4.78, 5) is 16.7. The molecule has 35 heavy (non-hydrogen) atoms. The fraction of sp³-hybridized carbons (Fsp3) is 0.346. The molecular weight excluding hydrogens is 523 g/mol. The molecule has 0 spiro atoms. The van der Waals surface area contributed by atoms with Gasteiger partial charge >= 0.3 is 0 Å². The van der Waals surface area contributed by atoms with E-state index in [-0.39, 0.29) is 40.0 Å². The summed E-state index contributed by atoms with van der Waals surface area (Å²) in [6, 6.07) is 14.3. The number of aryl methyl sites for hydroxylation is 1. The molecule has 0 bridgehead atoms. The molecule has 3 aromatic rings. The molecule has 1 aromatic heterocycles. The number of fused-ring (bicyclic) bond motifs is 1. The first kappa shape index (κ1) is 26.2. The number of sulfonamides is 1. The smallest absolute Gasteiger partial charge is 0.245 e. The van der Waals surface area contributed by atoms with Crippen molar-refractivity contribution in [1.82, 2.24) is 9.21 Å². The predicted octanol–water partition coefficient (Wildman–Crippen LogP) is 6.33. The number of hydrogen-bond acceptors (Lipinski definition) is 4. The fourth-order valence-electron chi connectivity index (χ4n) is 4.37. The third-order valence-electron chi connectivity index (χ3n) is 6.26. The second-order valence-corrected chi connectivity index (χ2v) is 12.5. The van der Waals surface area contributed by atoms with E-state index in [2.05, 4.69) is 11.4 Å². The van der Waals surface area contributed by atoms with Gasteiger partial charge in [0.05, 0.1) is 17.6 Å². The van der Waals surface area contributed by atoms with Crippen LogP contribution in [0.1, 0.15) is 47.4 Å². The van der Waals surface area contributed by atoms with Crippen LogP contribution in [-0.2, 0) is 21.2 Å². The SMILES string of the molecule is CCCCN(CC(=O)N1CCc2sccc2C1c1ccc(C)cc1)S(=O)(=O)c1cc(Cl)ccc1Cl. The first-order chi connectivity index (χ1) is 16.7. The molecule has 1 atom stereocenters. The Kier molecular flexibility index (Phi) is 8.23. The topological polar surface area (TPSA) is 57.7 Å². The van der Waals surface area contributed by atoms with Crippen LogP contribution in [-0.4, -0.2) is 43.2 Å². The molecule has 0 saturated heterocycles. The molecule has 1 aliphatic rings. The molecule has 2 heterocycles. The van der Waals surface area contributed by atoms with Crippen LogP contribution in [0.15, 0.2) is 58.8 Å². The van der Waals surface area contributed by atoms with Gasteiger partial charge in [0.2, 0.25) is 15.9 Å². The second-order valence-electron chi connectivity index (χ2n) is 8.72. The maximum absolute atomic E-state index is 13.7. The average molecular weight is 552 g/mol. The van der Waals surface area contributed by atoms with E-state index in [0.717, 1.165) is 29.5 Å². The van der Waals surface area contributed by atoms with Gasteiger partial charge in [-0.1, -0.05) is 66.4 Å². The Labute approximate surface area is 221 Å². The van der Waals surface area contributed by atoms with Gasteiger partial charge in [-0.15, -0.1) is 11.3 Å². The van der Waals surface area contributed by atoms with E-state index in [4.69, 9.17) is 23.2 Å².